The molecule has 4 heteroatoms. The van der Waals surface area contributed by atoms with Crippen molar-refractivity contribution in [1.29, 1.82) is 0 Å². The van der Waals surface area contributed by atoms with Gasteiger partial charge in [-0.15, -0.1) is 0 Å². The highest BCUT2D eigenvalue weighted by atomic mass is 35.5. The first-order chi connectivity index (χ1) is 7.59. The topological polar surface area (TPSA) is 29.1 Å². The molecule has 1 aromatic carbocycles. The van der Waals surface area contributed by atoms with E-state index < -0.39 is 10.8 Å². The fourth-order valence-electron chi connectivity index (χ4n) is 1.32. The van der Waals surface area contributed by atoms with Crippen LogP contribution in [0.15, 0.2) is 29.2 Å². The first kappa shape index (κ1) is 13.7. The number of benzene rings is 1. The molecule has 0 amide bonds. The van der Waals surface area contributed by atoms with Crippen LogP contribution in [0.4, 0.5) is 0 Å². The number of rotatable bonds is 6. The summed E-state index contributed by atoms with van der Waals surface area (Å²) in [7, 11) is -0.933. The van der Waals surface area contributed by atoms with Gasteiger partial charge in [-0.1, -0.05) is 31.5 Å². The molecule has 0 saturated heterocycles. The SMILES string of the molecule is CC(C)NCCCS(=O)c1cccc(Cl)c1. The molecule has 1 N–H and O–H groups in total. The Morgan fingerprint density at radius 2 is 2.19 bits per heavy atom. The summed E-state index contributed by atoms with van der Waals surface area (Å²) in [4.78, 5) is 0.817. The average Bonchev–Trinajstić information content (AvgIpc) is 2.24. The molecule has 0 aliphatic heterocycles. The van der Waals surface area contributed by atoms with E-state index in [4.69, 9.17) is 11.6 Å². The predicted octanol–water partition coefficient (Wildman–Crippen LogP) is 2.84. The summed E-state index contributed by atoms with van der Waals surface area (Å²) in [5.74, 6) is 0.681. The molecular weight excluding hydrogens is 242 g/mol. The maximum absolute atomic E-state index is 11.9. The van der Waals surface area contributed by atoms with Crippen LogP contribution in [0.1, 0.15) is 20.3 Å². The normalized spacial score (nSPS) is 13.0. The lowest BCUT2D eigenvalue weighted by atomic mass is 10.4. The molecule has 1 aromatic rings. The maximum atomic E-state index is 11.9. The van der Waals surface area contributed by atoms with Gasteiger partial charge in [-0.05, 0) is 31.2 Å². The van der Waals surface area contributed by atoms with Crippen molar-refractivity contribution in [3.05, 3.63) is 29.3 Å². The van der Waals surface area contributed by atoms with E-state index in [2.05, 4.69) is 19.2 Å². The zero-order valence-corrected chi connectivity index (χ0v) is 11.3. The molecular formula is C12H18ClNOS. The fraction of sp³-hybridized carbons (Fsp3) is 0.500. The van der Waals surface area contributed by atoms with E-state index >= 15 is 0 Å². The molecule has 0 fully saturated rings. The third-order valence-electron chi connectivity index (χ3n) is 2.12. The van der Waals surface area contributed by atoms with Crippen molar-refractivity contribution >= 4 is 22.4 Å². The van der Waals surface area contributed by atoms with Gasteiger partial charge in [0.25, 0.3) is 0 Å². The van der Waals surface area contributed by atoms with Crippen LogP contribution in [0.2, 0.25) is 5.02 Å². The van der Waals surface area contributed by atoms with Crippen molar-refractivity contribution in [2.24, 2.45) is 0 Å². The van der Waals surface area contributed by atoms with Crippen LogP contribution in [-0.2, 0) is 10.8 Å². The second-order valence-electron chi connectivity index (χ2n) is 3.97. The van der Waals surface area contributed by atoms with Crippen molar-refractivity contribution in [3.8, 4) is 0 Å². The summed E-state index contributed by atoms with van der Waals surface area (Å²) in [6.45, 7) is 5.12. The third-order valence-corrected chi connectivity index (χ3v) is 3.79. The van der Waals surface area contributed by atoms with Crippen LogP contribution in [0.25, 0.3) is 0 Å². The van der Waals surface area contributed by atoms with Gasteiger partial charge in [0.2, 0.25) is 0 Å². The van der Waals surface area contributed by atoms with Gasteiger partial charge < -0.3 is 5.32 Å². The Labute approximate surface area is 105 Å². The summed E-state index contributed by atoms with van der Waals surface area (Å²) in [6.07, 6.45) is 0.914. The van der Waals surface area contributed by atoms with E-state index in [0.29, 0.717) is 16.8 Å². The van der Waals surface area contributed by atoms with Crippen molar-refractivity contribution in [3.63, 3.8) is 0 Å². The first-order valence-corrected chi connectivity index (χ1v) is 7.16. The first-order valence-electron chi connectivity index (χ1n) is 5.47. The minimum Gasteiger partial charge on any atom is -0.315 e. The van der Waals surface area contributed by atoms with E-state index in [9.17, 15) is 4.21 Å². The smallest absolute Gasteiger partial charge is 0.0530 e. The highest BCUT2D eigenvalue weighted by Crippen LogP contribution is 2.14. The Morgan fingerprint density at radius 3 is 2.81 bits per heavy atom. The molecule has 0 bridgehead atoms. The van der Waals surface area contributed by atoms with Crippen molar-refractivity contribution in [2.45, 2.75) is 31.2 Å². The predicted molar refractivity (Wildman–Crippen MR) is 70.5 cm³/mol. The van der Waals surface area contributed by atoms with Gasteiger partial charge in [0.15, 0.2) is 0 Å². The van der Waals surface area contributed by atoms with Crippen LogP contribution in [0, 0.1) is 0 Å². The Hall–Kier alpha value is -0.380. The maximum Gasteiger partial charge on any atom is 0.0530 e. The molecule has 1 unspecified atom stereocenters. The van der Waals surface area contributed by atoms with E-state index in [1.165, 1.54) is 0 Å². The average molecular weight is 260 g/mol. The van der Waals surface area contributed by atoms with E-state index in [1.807, 2.05) is 12.1 Å². The number of nitrogens with one attached hydrogen (secondary N) is 1. The van der Waals surface area contributed by atoms with Gasteiger partial charge in [-0.2, -0.15) is 0 Å². The Bertz CT molecular complexity index is 355. The minimum atomic E-state index is -0.933. The van der Waals surface area contributed by atoms with Crippen LogP contribution in [-0.4, -0.2) is 22.5 Å². The Morgan fingerprint density at radius 1 is 1.44 bits per heavy atom. The highest BCUT2D eigenvalue weighted by molar-refractivity contribution is 7.85. The largest absolute Gasteiger partial charge is 0.315 e. The molecule has 0 saturated carbocycles. The number of hydrogen-bond acceptors (Lipinski definition) is 2. The summed E-state index contributed by atoms with van der Waals surface area (Å²) in [5.41, 5.74) is 0. The lowest BCUT2D eigenvalue weighted by molar-refractivity contribution is 0.583. The van der Waals surface area contributed by atoms with Gasteiger partial charge >= 0.3 is 0 Å². The standard InChI is InChI=1S/C12H18ClNOS/c1-10(2)14-7-4-8-16(15)12-6-3-5-11(13)9-12/h3,5-6,9-10,14H,4,7-8H2,1-2H3. The minimum absolute atomic E-state index is 0.486. The lowest BCUT2D eigenvalue weighted by Gasteiger charge is -2.07. The van der Waals surface area contributed by atoms with Gasteiger partial charge in [0.1, 0.15) is 0 Å². The second-order valence-corrected chi connectivity index (χ2v) is 5.98. The lowest BCUT2D eigenvalue weighted by Crippen LogP contribution is -2.24. The highest BCUT2D eigenvalue weighted by Gasteiger charge is 2.04. The van der Waals surface area contributed by atoms with Crippen LogP contribution >= 0.6 is 11.6 Å². The molecule has 1 atom stereocenters. The number of halogens is 1. The molecule has 0 spiro atoms. The molecule has 0 aliphatic carbocycles. The molecule has 16 heavy (non-hydrogen) atoms. The van der Waals surface area contributed by atoms with Gasteiger partial charge in [0, 0.05) is 21.7 Å². The van der Waals surface area contributed by atoms with E-state index in [0.717, 1.165) is 17.9 Å². The van der Waals surface area contributed by atoms with Crippen molar-refractivity contribution in [1.82, 2.24) is 5.32 Å². The third kappa shape index (κ3) is 5.10. The molecule has 0 aliphatic rings. The summed E-state index contributed by atoms with van der Waals surface area (Å²) in [5, 5.41) is 3.95. The van der Waals surface area contributed by atoms with E-state index in [1.54, 1.807) is 12.1 Å². The molecule has 2 nitrogen and oxygen atoms in total. The Kier molecular flexibility index (Phi) is 6.03. The van der Waals surface area contributed by atoms with Gasteiger partial charge in [0.05, 0.1) is 10.8 Å². The fourth-order valence-corrected chi connectivity index (χ4v) is 2.71. The molecule has 0 heterocycles. The summed E-state index contributed by atoms with van der Waals surface area (Å²) >= 11 is 5.85. The molecule has 90 valence electrons. The second kappa shape index (κ2) is 7.05. The van der Waals surface area contributed by atoms with Crippen molar-refractivity contribution < 1.29 is 4.21 Å². The number of hydrogen-bond donors (Lipinski definition) is 1. The molecule has 0 aromatic heterocycles. The van der Waals surface area contributed by atoms with Crippen molar-refractivity contribution in [2.75, 3.05) is 12.3 Å². The van der Waals surface area contributed by atoms with Gasteiger partial charge in [-0.3, -0.25) is 4.21 Å². The molecule has 0 radical (unpaired) electrons. The van der Waals surface area contributed by atoms with Crippen LogP contribution in [0.5, 0.6) is 0 Å². The monoisotopic (exact) mass is 259 g/mol. The zero-order valence-electron chi connectivity index (χ0n) is 9.70. The van der Waals surface area contributed by atoms with Gasteiger partial charge in [-0.25, -0.2) is 0 Å². The molecule has 1 rings (SSSR count). The summed E-state index contributed by atoms with van der Waals surface area (Å²) < 4.78 is 11.9. The van der Waals surface area contributed by atoms with Crippen LogP contribution in [0.3, 0.4) is 0 Å². The summed E-state index contributed by atoms with van der Waals surface area (Å²) in [6, 6.07) is 7.75. The van der Waals surface area contributed by atoms with Crippen LogP contribution < -0.4 is 5.32 Å². The quantitative estimate of drug-likeness (QED) is 0.796. The Balaban J connectivity index is 2.35. The zero-order chi connectivity index (χ0) is 12.0. The van der Waals surface area contributed by atoms with E-state index in [-0.39, 0.29) is 0 Å².